The van der Waals surface area contributed by atoms with E-state index in [0.717, 1.165) is 0 Å². The highest BCUT2D eigenvalue weighted by atomic mass is 16.4. The number of hydrogen-bond donors (Lipinski definition) is 2. The van der Waals surface area contributed by atoms with E-state index in [-0.39, 0.29) is 24.6 Å². The fraction of sp³-hybridized carbons (Fsp3) is 0.333. The molecule has 0 bridgehead atoms. The number of benzene rings is 1. The molecule has 1 heterocycles. The number of anilines is 1. The zero-order chi connectivity index (χ0) is 12.6. The molecule has 1 atom stereocenters. The van der Waals surface area contributed by atoms with Crippen molar-refractivity contribution in [3.8, 4) is 5.75 Å². The number of aliphatic carboxylic acids is 1. The zero-order valence-electron chi connectivity index (χ0n) is 9.38. The van der Waals surface area contributed by atoms with Gasteiger partial charge in [0.2, 0.25) is 5.91 Å². The average molecular weight is 235 g/mol. The predicted molar refractivity (Wildman–Crippen MR) is 60.9 cm³/mol. The standard InChI is InChI=1S/C12H13NO4/c1-7-4-9(2-3-10(7)14)13-6-8(12(16)17)5-11(13)15/h2-4,8,14H,5-6H2,1H3,(H,16,17)/t8-/m0/s1. The molecule has 0 saturated carbocycles. The first kappa shape index (κ1) is 11.4. The van der Waals surface area contributed by atoms with Crippen molar-refractivity contribution in [3.05, 3.63) is 23.8 Å². The first-order chi connectivity index (χ1) is 7.99. The molecule has 0 spiro atoms. The van der Waals surface area contributed by atoms with Gasteiger partial charge in [-0.05, 0) is 30.7 Å². The summed E-state index contributed by atoms with van der Waals surface area (Å²) in [5, 5.41) is 18.3. The maximum atomic E-state index is 11.7. The third-order valence-corrected chi connectivity index (χ3v) is 2.97. The van der Waals surface area contributed by atoms with Crippen LogP contribution in [0.15, 0.2) is 18.2 Å². The van der Waals surface area contributed by atoms with Gasteiger partial charge in [-0.25, -0.2) is 0 Å². The summed E-state index contributed by atoms with van der Waals surface area (Å²) in [6, 6.07) is 4.80. The molecule has 1 aromatic rings. The zero-order valence-corrected chi connectivity index (χ0v) is 9.38. The lowest BCUT2D eigenvalue weighted by molar-refractivity contribution is -0.141. The number of carboxylic acids is 1. The van der Waals surface area contributed by atoms with Crippen LogP contribution in [0.2, 0.25) is 0 Å². The fourth-order valence-corrected chi connectivity index (χ4v) is 1.93. The van der Waals surface area contributed by atoms with Crippen molar-refractivity contribution in [2.45, 2.75) is 13.3 Å². The van der Waals surface area contributed by atoms with Crippen LogP contribution in [0.25, 0.3) is 0 Å². The Bertz CT molecular complexity index is 483. The monoisotopic (exact) mass is 235 g/mol. The SMILES string of the molecule is Cc1cc(N2C[C@@H](C(=O)O)CC2=O)ccc1O. The second-order valence-corrected chi connectivity index (χ2v) is 4.21. The molecule has 2 rings (SSSR count). The molecular formula is C12H13NO4. The fourth-order valence-electron chi connectivity index (χ4n) is 1.93. The van der Waals surface area contributed by atoms with E-state index in [2.05, 4.69) is 0 Å². The van der Waals surface area contributed by atoms with Gasteiger partial charge in [0, 0.05) is 18.7 Å². The molecule has 5 heteroatoms. The molecule has 1 aliphatic rings. The molecule has 1 fully saturated rings. The molecule has 90 valence electrons. The molecule has 1 amide bonds. The number of carbonyl (C=O) groups excluding carboxylic acids is 1. The molecule has 0 aromatic heterocycles. The summed E-state index contributed by atoms with van der Waals surface area (Å²) in [7, 11) is 0. The van der Waals surface area contributed by atoms with Crippen molar-refractivity contribution in [1.29, 1.82) is 0 Å². The lowest BCUT2D eigenvalue weighted by atomic mass is 10.1. The van der Waals surface area contributed by atoms with Crippen molar-refractivity contribution < 1.29 is 19.8 Å². The maximum absolute atomic E-state index is 11.7. The Hall–Kier alpha value is -2.04. The molecule has 1 aliphatic heterocycles. The number of aromatic hydroxyl groups is 1. The number of phenols is 1. The molecule has 0 aliphatic carbocycles. The minimum absolute atomic E-state index is 0.0370. The summed E-state index contributed by atoms with van der Waals surface area (Å²) in [5.41, 5.74) is 1.29. The van der Waals surface area contributed by atoms with Gasteiger partial charge in [-0.3, -0.25) is 9.59 Å². The van der Waals surface area contributed by atoms with E-state index >= 15 is 0 Å². The van der Waals surface area contributed by atoms with Gasteiger partial charge in [0.1, 0.15) is 5.75 Å². The van der Waals surface area contributed by atoms with Crippen LogP contribution in [-0.2, 0) is 9.59 Å². The molecule has 2 N–H and O–H groups in total. The first-order valence-electron chi connectivity index (χ1n) is 5.32. The Balaban J connectivity index is 2.26. The Morgan fingerprint density at radius 1 is 1.47 bits per heavy atom. The highest BCUT2D eigenvalue weighted by Gasteiger charge is 2.35. The van der Waals surface area contributed by atoms with Gasteiger partial charge in [0.15, 0.2) is 0 Å². The van der Waals surface area contributed by atoms with Crippen molar-refractivity contribution in [2.75, 3.05) is 11.4 Å². The van der Waals surface area contributed by atoms with Gasteiger partial charge in [-0.2, -0.15) is 0 Å². The summed E-state index contributed by atoms with van der Waals surface area (Å²) < 4.78 is 0. The van der Waals surface area contributed by atoms with Gasteiger partial charge < -0.3 is 15.1 Å². The van der Waals surface area contributed by atoms with Gasteiger partial charge in [0.25, 0.3) is 0 Å². The van der Waals surface area contributed by atoms with Gasteiger partial charge in [-0.15, -0.1) is 0 Å². The highest BCUT2D eigenvalue weighted by molar-refractivity contribution is 5.99. The van der Waals surface area contributed by atoms with Crippen LogP contribution in [0.1, 0.15) is 12.0 Å². The number of rotatable bonds is 2. The number of carbonyl (C=O) groups is 2. The van der Waals surface area contributed by atoms with Gasteiger partial charge in [0.05, 0.1) is 5.92 Å². The third-order valence-electron chi connectivity index (χ3n) is 2.97. The van der Waals surface area contributed by atoms with Crippen LogP contribution < -0.4 is 4.90 Å². The lowest BCUT2D eigenvalue weighted by Crippen LogP contribution is -2.25. The maximum Gasteiger partial charge on any atom is 0.308 e. The molecule has 17 heavy (non-hydrogen) atoms. The molecule has 5 nitrogen and oxygen atoms in total. The summed E-state index contributed by atoms with van der Waals surface area (Å²) >= 11 is 0. The Labute approximate surface area is 98.3 Å². The lowest BCUT2D eigenvalue weighted by Gasteiger charge is -2.16. The van der Waals surface area contributed by atoms with Crippen molar-refractivity contribution >= 4 is 17.6 Å². The average Bonchev–Trinajstić information content (AvgIpc) is 2.65. The van der Waals surface area contributed by atoms with Crippen LogP contribution in [0, 0.1) is 12.8 Å². The van der Waals surface area contributed by atoms with Crippen LogP contribution >= 0.6 is 0 Å². The van der Waals surface area contributed by atoms with E-state index in [1.165, 1.54) is 11.0 Å². The minimum Gasteiger partial charge on any atom is -0.508 e. The molecular weight excluding hydrogens is 222 g/mol. The van der Waals surface area contributed by atoms with Crippen molar-refractivity contribution in [2.24, 2.45) is 5.92 Å². The van der Waals surface area contributed by atoms with Crippen LogP contribution in [-0.4, -0.2) is 28.6 Å². The van der Waals surface area contributed by atoms with Gasteiger partial charge in [-0.1, -0.05) is 0 Å². The summed E-state index contributed by atoms with van der Waals surface area (Å²) in [4.78, 5) is 24.0. The van der Waals surface area contributed by atoms with E-state index in [0.29, 0.717) is 11.3 Å². The number of hydrogen-bond acceptors (Lipinski definition) is 3. The molecule has 0 unspecified atom stereocenters. The number of nitrogens with zero attached hydrogens (tertiary/aromatic N) is 1. The normalized spacial score (nSPS) is 19.7. The van der Waals surface area contributed by atoms with E-state index in [4.69, 9.17) is 5.11 Å². The van der Waals surface area contributed by atoms with E-state index in [1.54, 1.807) is 19.1 Å². The second kappa shape index (κ2) is 4.08. The van der Waals surface area contributed by atoms with Crippen molar-refractivity contribution in [1.82, 2.24) is 0 Å². The van der Waals surface area contributed by atoms with Gasteiger partial charge >= 0.3 is 5.97 Å². The van der Waals surface area contributed by atoms with Crippen LogP contribution in [0.5, 0.6) is 5.75 Å². The number of amides is 1. The topological polar surface area (TPSA) is 77.8 Å². The molecule has 1 saturated heterocycles. The minimum atomic E-state index is -0.948. The highest BCUT2D eigenvalue weighted by Crippen LogP contribution is 2.28. The van der Waals surface area contributed by atoms with Crippen LogP contribution in [0.4, 0.5) is 5.69 Å². The van der Waals surface area contributed by atoms with Crippen molar-refractivity contribution in [3.63, 3.8) is 0 Å². The Kier molecular flexibility index (Phi) is 2.75. The van der Waals surface area contributed by atoms with E-state index in [9.17, 15) is 14.7 Å². The van der Waals surface area contributed by atoms with E-state index < -0.39 is 11.9 Å². The number of phenolic OH excluding ortho intramolecular Hbond substituents is 1. The predicted octanol–water partition coefficient (Wildman–Crippen LogP) is 1.14. The summed E-state index contributed by atoms with van der Waals surface area (Å²) in [5.74, 6) is -1.62. The summed E-state index contributed by atoms with van der Waals surface area (Å²) in [6.07, 6.45) is 0.0370. The quantitative estimate of drug-likeness (QED) is 0.805. The molecule has 0 radical (unpaired) electrons. The number of carboxylic acid groups (broad SMARTS) is 1. The molecule has 1 aromatic carbocycles. The Morgan fingerprint density at radius 3 is 2.71 bits per heavy atom. The summed E-state index contributed by atoms with van der Waals surface area (Å²) in [6.45, 7) is 1.92. The first-order valence-corrected chi connectivity index (χ1v) is 5.32. The third kappa shape index (κ3) is 2.08. The number of aryl methyl sites for hydroxylation is 1. The smallest absolute Gasteiger partial charge is 0.308 e. The largest absolute Gasteiger partial charge is 0.508 e. The second-order valence-electron chi connectivity index (χ2n) is 4.21. The Morgan fingerprint density at radius 2 is 2.18 bits per heavy atom. The van der Waals surface area contributed by atoms with Crippen LogP contribution in [0.3, 0.4) is 0 Å². The van der Waals surface area contributed by atoms with E-state index in [1.807, 2.05) is 0 Å².